The highest BCUT2D eigenvalue weighted by Gasteiger charge is 2.42. The average molecular weight is 339 g/mol. The quantitative estimate of drug-likeness (QED) is 0.839. The number of ether oxygens (including phenoxy) is 1. The molecule has 0 spiro atoms. The molecule has 3 rings (SSSR count). The number of hydrogen-bond acceptors (Lipinski definition) is 4. The minimum atomic E-state index is -1.33. The standard InChI is InChI=1S/C19H17NO5/c1-11-3-8-15-13(9-11)10-19(2,25-17(15)23)18(24)20-14-6-4-12(5-7-14)16(21)22/h3-9H,10H2,1-2H3,(H,20,24)(H,21,22)/t19-/m1/s1. The number of hydrogen-bond donors (Lipinski definition) is 2. The van der Waals surface area contributed by atoms with E-state index in [1.165, 1.54) is 24.3 Å². The van der Waals surface area contributed by atoms with Crippen LogP contribution >= 0.6 is 0 Å². The molecule has 1 aliphatic rings. The molecule has 0 aliphatic carbocycles. The number of rotatable bonds is 3. The second-order valence-corrected chi connectivity index (χ2v) is 6.29. The zero-order valence-corrected chi connectivity index (χ0v) is 13.8. The van der Waals surface area contributed by atoms with Crippen LogP contribution in [0.4, 0.5) is 5.69 Å². The summed E-state index contributed by atoms with van der Waals surface area (Å²) in [6.07, 6.45) is 0.273. The number of fused-ring (bicyclic) bond motifs is 1. The van der Waals surface area contributed by atoms with Gasteiger partial charge < -0.3 is 15.2 Å². The predicted octanol–water partition coefficient (Wildman–Crippen LogP) is 2.80. The van der Waals surface area contributed by atoms with Gasteiger partial charge in [-0.05, 0) is 49.7 Å². The van der Waals surface area contributed by atoms with Gasteiger partial charge in [-0.3, -0.25) is 4.79 Å². The van der Waals surface area contributed by atoms with Crippen molar-refractivity contribution < 1.29 is 24.2 Å². The number of carboxylic acids is 1. The molecule has 0 radical (unpaired) electrons. The summed E-state index contributed by atoms with van der Waals surface area (Å²) in [7, 11) is 0. The number of aryl methyl sites for hydroxylation is 1. The van der Waals surface area contributed by atoms with Crippen LogP contribution in [0.1, 0.15) is 38.8 Å². The fourth-order valence-corrected chi connectivity index (χ4v) is 2.81. The van der Waals surface area contributed by atoms with Gasteiger partial charge in [0, 0.05) is 12.1 Å². The normalized spacial score (nSPS) is 18.9. The molecule has 1 heterocycles. The van der Waals surface area contributed by atoms with Crippen LogP contribution in [-0.4, -0.2) is 28.6 Å². The molecule has 6 nitrogen and oxygen atoms in total. The number of anilines is 1. The molecule has 1 amide bonds. The molecule has 2 N–H and O–H groups in total. The molecule has 25 heavy (non-hydrogen) atoms. The Morgan fingerprint density at radius 3 is 2.48 bits per heavy atom. The van der Waals surface area contributed by atoms with E-state index in [0.29, 0.717) is 11.3 Å². The van der Waals surface area contributed by atoms with Crippen LogP contribution in [0.5, 0.6) is 0 Å². The first kappa shape index (κ1) is 16.7. The Morgan fingerprint density at radius 1 is 1.16 bits per heavy atom. The number of nitrogens with one attached hydrogen (secondary N) is 1. The first-order valence-electron chi connectivity index (χ1n) is 7.76. The SMILES string of the molecule is Cc1ccc2c(c1)C[C@](C)(C(=O)Nc1ccc(C(=O)O)cc1)OC2=O. The largest absolute Gasteiger partial charge is 0.478 e. The first-order chi connectivity index (χ1) is 11.8. The number of esters is 1. The topological polar surface area (TPSA) is 92.7 Å². The number of cyclic esters (lactones) is 1. The number of carbonyl (C=O) groups is 3. The Bertz CT molecular complexity index is 872. The summed E-state index contributed by atoms with van der Waals surface area (Å²) in [6.45, 7) is 3.48. The summed E-state index contributed by atoms with van der Waals surface area (Å²) in [4.78, 5) is 35.7. The first-order valence-corrected chi connectivity index (χ1v) is 7.76. The fourth-order valence-electron chi connectivity index (χ4n) is 2.81. The third kappa shape index (κ3) is 3.24. The van der Waals surface area contributed by atoms with E-state index in [1.54, 1.807) is 13.0 Å². The Hall–Kier alpha value is -3.15. The van der Waals surface area contributed by atoms with Crippen LogP contribution in [0.3, 0.4) is 0 Å². The molecule has 128 valence electrons. The van der Waals surface area contributed by atoms with Crippen LogP contribution in [0.2, 0.25) is 0 Å². The minimum Gasteiger partial charge on any atom is -0.478 e. The van der Waals surface area contributed by atoms with E-state index in [2.05, 4.69) is 5.32 Å². The van der Waals surface area contributed by atoms with Gasteiger partial charge in [-0.15, -0.1) is 0 Å². The Morgan fingerprint density at radius 2 is 1.84 bits per heavy atom. The highest BCUT2D eigenvalue weighted by molar-refractivity contribution is 6.02. The van der Waals surface area contributed by atoms with Crippen molar-refractivity contribution in [3.63, 3.8) is 0 Å². The maximum Gasteiger partial charge on any atom is 0.339 e. The van der Waals surface area contributed by atoms with E-state index >= 15 is 0 Å². The van der Waals surface area contributed by atoms with Crippen LogP contribution in [0.25, 0.3) is 0 Å². The van der Waals surface area contributed by atoms with Crippen LogP contribution in [-0.2, 0) is 16.0 Å². The summed E-state index contributed by atoms with van der Waals surface area (Å²) >= 11 is 0. The smallest absolute Gasteiger partial charge is 0.339 e. The van der Waals surface area contributed by atoms with Gasteiger partial charge in [0.2, 0.25) is 0 Å². The van der Waals surface area contributed by atoms with E-state index in [1.807, 2.05) is 19.1 Å². The van der Waals surface area contributed by atoms with E-state index in [0.717, 1.165) is 11.1 Å². The van der Waals surface area contributed by atoms with Crippen molar-refractivity contribution in [2.75, 3.05) is 5.32 Å². The monoisotopic (exact) mass is 339 g/mol. The Kier molecular flexibility index (Phi) is 4.04. The zero-order chi connectivity index (χ0) is 18.2. The summed E-state index contributed by atoms with van der Waals surface area (Å²) in [5.74, 6) is -2.03. The van der Waals surface area contributed by atoms with E-state index in [4.69, 9.17) is 9.84 Å². The molecule has 6 heteroatoms. The van der Waals surface area contributed by atoms with Crippen molar-refractivity contribution >= 4 is 23.5 Å². The van der Waals surface area contributed by atoms with Gasteiger partial charge in [0.05, 0.1) is 11.1 Å². The van der Waals surface area contributed by atoms with Crippen molar-refractivity contribution in [3.05, 3.63) is 64.7 Å². The number of aromatic carboxylic acids is 1. The van der Waals surface area contributed by atoms with Gasteiger partial charge in [0.25, 0.3) is 5.91 Å². The number of carbonyl (C=O) groups excluding carboxylic acids is 2. The molecule has 0 saturated carbocycles. The fraction of sp³-hybridized carbons (Fsp3) is 0.211. The lowest BCUT2D eigenvalue weighted by atomic mass is 9.88. The number of benzene rings is 2. The second-order valence-electron chi connectivity index (χ2n) is 6.29. The van der Waals surface area contributed by atoms with Crippen molar-refractivity contribution in [2.45, 2.75) is 25.9 Å². The maximum absolute atomic E-state index is 12.6. The zero-order valence-electron chi connectivity index (χ0n) is 13.8. The number of carboxylic acid groups (broad SMARTS) is 1. The highest BCUT2D eigenvalue weighted by Crippen LogP contribution is 2.30. The lowest BCUT2D eigenvalue weighted by molar-refractivity contribution is -0.134. The average Bonchev–Trinajstić information content (AvgIpc) is 2.54. The van der Waals surface area contributed by atoms with Crippen LogP contribution in [0, 0.1) is 6.92 Å². The molecule has 0 saturated heterocycles. The maximum atomic E-state index is 12.6. The predicted molar refractivity (Wildman–Crippen MR) is 90.7 cm³/mol. The summed E-state index contributed by atoms with van der Waals surface area (Å²) in [5, 5.41) is 11.6. The molecule has 0 fully saturated rings. The number of amides is 1. The Balaban J connectivity index is 1.82. The van der Waals surface area contributed by atoms with Crippen molar-refractivity contribution in [1.29, 1.82) is 0 Å². The molecular formula is C19H17NO5. The van der Waals surface area contributed by atoms with Crippen molar-refractivity contribution in [3.8, 4) is 0 Å². The molecule has 0 bridgehead atoms. The lowest BCUT2D eigenvalue weighted by Crippen LogP contribution is -2.48. The highest BCUT2D eigenvalue weighted by atomic mass is 16.6. The molecule has 1 atom stereocenters. The van der Waals surface area contributed by atoms with Crippen molar-refractivity contribution in [2.24, 2.45) is 0 Å². The second kappa shape index (κ2) is 6.05. The third-order valence-corrected chi connectivity index (χ3v) is 4.20. The summed E-state index contributed by atoms with van der Waals surface area (Å²) in [5.41, 5.74) is 1.47. The molecule has 2 aromatic rings. The van der Waals surface area contributed by atoms with Gasteiger partial charge in [0.15, 0.2) is 5.60 Å². The van der Waals surface area contributed by atoms with Gasteiger partial charge in [-0.1, -0.05) is 17.7 Å². The van der Waals surface area contributed by atoms with Gasteiger partial charge >= 0.3 is 11.9 Å². The molecule has 0 unspecified atom stereocenters. The van der Waals surface area contributed by atoms with Crippen LogP contribution < -0.4 is 5.32 Å². The van der Waals surface area contributed by atoms with Crippen LogP contribution in [0.15, 0.2) is 42.5 Å². The lowest BCUT2D eigenvalue weighted by Gasteiger charge is -2.33. The van der Waals surface area contributed by atoms with Gasteiger partial charge in [-0.2, -0.15) is 0 Å². The molecule has 2 aromatic carbocycles. The summed E-state index contributed by atoms with van der Waals surface area (Å²) in [6, 6.07) is 11.2. The Labute approximate surface area is 144 Å². The third-order valence-electron chi connectivity index (χ3n) is 4.20. The minimum absolute atomic E-state index is 0.123. The van der Waals surface area contributed by atoms with Crippen molar-refractivity contribution in [1.82, 2.24) is 0 Å². The summed E-state index contributed by atoms with van der Waals surface area (Å²) < 4.78 is 5.39. The molecular weight excluding hydrogens is 322 g/mol. The molecule has 0 aromatic heterocycles. The van der Waals surface area contributed by atoms with Gasteiger partial charge in [0.1, 0.15) is 0 Å². The van der Waals surface area contributed by atoms with E-state index in [-0.39, 0.29) is 12.0 Å². The molecule has 1 aliphatic heterocycles. The van der Waals surface area contributed by atoms with Gasteiger partial charge in [-0.25, -0.2) is 9.59 Å². The van der Waals surface area contributed by atoms with E-state index < -0.39 is 23.4 Å². The van der Waals surface area contributed by atoms with E-state index in [9.17, 15) is 14.4 Å².